The smallest absolute Gasteiger partial charge is 0.405 e. The summed E-state index contributed by atoms with van der Waals surface area (Å²) in [5, 5.41) is 11.9. The average Bonchev–Trinajstić information content (AvgIpc) is 4.14. The van der Waals surface area contributed by atoms with Crippen LogP contribution in [0.5, 0.6) is 0 Å². The van der Waals surface area contributed by atoms with Crippen molar-refractivity contribution in [2.45, 2.75) is 69.1 Å². The number of carbonyl (C=O) groups is 3. The number of amides is 3. The lowest BCUT2D eigenvalue weighted by molar-refractivity contribution is -0.139. The maximum atomic E-state index is 14.3. The predicted molar refractivity (Wildman–Crippen MR) is 225 cm³/mol. The van der Waals surface area contributed by atoms with Crippen LogP contribution in [0.4, 0.5) is 4.79 Å². The molecule has 14 nitrogen and oxygen atoms in total. The molecule has 0 spiro atoms. The number of aromatic nitrogens is 6. The molecule has 4 N–H and O–H groups in total. The van der Waals surface area contributed by atoms with E-state index in [1.807, 2.05) is 53.4 Å². The minimum absolute atomic E-state index is 0.125. The lowest BCUT2D eigenvalue weighted by Crippen LogP contribution is -2.44. The van der Waals surface area contributed by atoms with Crippen LogP contribution in [-0.2, 0) is 9.59 Å². The third kappa shape index (κ3) is 8.02. The highest BCUT2D eigenvalue weighted by Gasteiger charge is 2.39. The van der Waals surface area contributed by atoms with Gasteiger partial charge in [-0.15, -0.1) is 0 Å². The Morgan fingerprint density at radius 1 is 0.583 bits per heavy atom. The van der Waals surface area contributed by atoms with Crippen LogP contribution in [0.3, 0.4) is 0 Å². The molecule has 0 bridgehead atoms. The number of likely N-dealkylation sites (tertiary alicyclic amines) is 3. The zero-order valence-electron chi connectivity index (χ0n) is 33.3. The van der Waals surface area contributed by atoms with Gasteiger partial charge in [0.05, 0.1) is 35.9 Å². The van der Waals surface area contributed by atoms with Crippen LogP contribution in [0.25, 0.3) is 33.9 Å². The lowest BCUT2D eigenvalue weighted by atomic mass is 10.00. The number of aromatic amines is 2. The lowest BCUT2D eigenvalue weighted by Gasteiger charge is -2.37. The molecule has 3 aliphatic heterocycles. The van der Waals surface area contributed by atoms with Crippen LogP contribution in [0.15, 0.2) is 110 Å². The first-order chi connectivity index (χ1) is 29.4. The van der Waals surface area contributed by atoms with Crippen molar-refractivity contribution < 1.29 is 19.5 Å². The monoisotopic (exact) mass is 804 g/mol. The van der Waals surface area contributed by atoms with Crippen LogP contribution in [0, 0.1) is 0 Å². The van der Waals surface area contributed by atoms with E-state index >= 15 is 0 Å². The predicted octanol–water partition coefficient (Wildman–Crippen LogP) is 7.49. The van der Waals surface area contributed by atoms with Crippen molar-refractivity contribution in [2.24, 2.45) is 0 Å². The van der Waals surface area contributed by atoms with Crippen molar-refractivity contribution in [3.8, 4) is 33.9 Å². The van der Waals surface area contributed by atoms with Gasteiger partial charge in [-0.05, 0) is 68.3 Å². The van der Waals surface area contributed by atoms with Crippen LogP contribution < -0.4 is 5.32 Å². The first-order valence-corrected chi connectivity index (χ1v) is 20.9. The molecule has 6 aromatic rings. The Morgan fingerprint density at radius 3 is 1.70 bits per heavy atom. The highest BCUT2D eigenvalue weighted by Crippen LogP contribution is 2.37. The third-order valence-electron chi connectivity index (χ3n) is 12.1. The van der Waals surface area contributed by atoms with E-state index in [9.17, 15) is 19.5 Å². The van der Waals surface area contributed by atoms with Crippen molar-refractivity contribution in [3.05, 3.63) is 132 Å². The van der Waals surface area contributed by atoms with E-state index in [-0.39, 0.29) is 29.9 Å². The van der Waals surface area contributed by atoms with Gasteiger partial charge in [-0.2, -0.15) is 0 Å². The Labute approximate surface area is 348 Å². The molecule has 0 aliphatic carbocycles. The molecule has 4 atom stereocenters. The van der Waals surface area contributed by atoms with E-state index in [4.69, 9.17) is 15.0 Å². The van der Waals surface area contributed by atoms with Gasteiger partial charge in [-0.1, -0.05) is 91.3 Å². The number of carbonyl (C=O) groups excluding carboxylic acids is 2. The molecule has 3 fully saturated rings. The molecule has 0 unspecified atom stereocenters. The Balaban J connectivity index is 0.861. The quantitative estimate of drug-likeness (QED) is 0.103. The number of piperidine rings is 1. The molecule has 0 radical (unpaired) electrons. The molecule has 9 rings (SSSR count). The third-order valence-corrected chi connectivity index (χ3v) is 12.1. The molecule has 3 aliphatic rings. The number of imidazole rings is 2. The second-order valence-electron chi connectivity index (χ2n) is 15.8. The van der Waals surface area contributed by atoms with Crippen molar-refractivity contribution >= 4 is 17.9 Å². The van der Waals surface area contributed by atoms with Crippen LogP contribution >= 0.6 is 0 Å². The van der Waals surface area contributed by atoms with Crippen LogP contribution in [0.2, 0.25) is 0 Å². The fraction of sp³-hybridized carbons (Fsp3) is 0.326. The summed E-state index contributed by atoms with van der Waals surface area (Å²) >= 11 is 0. The number of rotatable bonds is 11. The summed E-state index contributed by atoms with van der Waals surface area (Å²) in [5.41, 5.74) is 5.80. The van der Waals surface area contributed by atoms with Crippen molar-refractivity contribution in [3.63, 3.8) is 0 Å². The summed E-state index contributed by atoms with van der Waals surface area (Å²) in [4.78, 5) is 71.5. The number of carboxylic acid groups (broad SMARTS) is 1. The number of nitrogens with zero attached hydrogens (tertiary/aromatic N) is 7. The zero-order valence-corrected chi connectivity index (χ0v) is 33.3. The van der Waals surface area contributed by atoms with E-state index in [1.165, 1.54) is 6.42 Å². The van der Waals surface area contributed by atoms with Gasteiger partial charge in [-0.25, -0.2) is 24.7 Å². The summed E-state index contributed by atoms with van der Waals surface area (Å²) in [6, 6.07) is 25.2. The standard InChI is InChI=1S/C46H48N10O4/c57-44(39(53-46(59)60)31-12-4-1-5-13-31)55-24-10-16-37(55)42-49-28-35(51-42)30-18-20-33(21-19-30)41-47-26-34(27-48-41)36-29-50-43(52-36)38-17-11-25-56(38)45(58)40(32-14-6-2-7-15-32)54-22-8-3-9-23-54/h1-2,4-7,12-15,18-21,26-29,37-40,53H,3,8-11,16-17,22-25H2,(H,49,51)(H,50,52)(H,59,60)/t37-,38-,39+,40+/m0/s1. The first-order valence-electron chi connectivity index (χ1n) is 20.9. The maximum absolute atomic E-state index is 14.3. The second kappa shape index (κ2) is 17.3. The van der Waals surface area contributed by atoms with Crippen molar-refractivity contribution in [1.29, 1.82) is 0 Å². The van der Waals surface area contributed by atoms with Gasteiger partial charge >= 0.3 is 6.09 Å². The second-order valence-corrected chi connectivity index (χ2v) is 15.8. The molecule has 6 heterocycles. The molecule has 306 valence electrons. The van der Waals surface area contributed by atoms with E-state index < -0.39 is 12.1 Å². The summed E-state index contributed by atoms with van der Waals surface area (Å²) in [6.07, 6.45) is 12.6. The zero-order chi connectivity index (χ0) is 41.0. The maximum Gasteiger partial charge on any atom is 0.405 e. The Morgan fingerprint density at radius 2 is 1.12 bits per heavy atom. The normalized spacial score (nSPS) is 19.3. The summed E-state index contributed by atoms with van der Waals surface area (Å²) in [6.45, 7) is 3.07. The SMILES string of the molecule is O=C(O)N[C@@H](C(=O)N1CCC[C@H]1c1ncc(-c2ccc(-c3ncc(-c4cnc([C@@H]5CCCN5C(=O)[C@@H](c5ccccc5)N5CCCCC5)[nH]4)cn3)cc2)[nH]1)c1ccccc1. The van der Waals surface area contributed by atoms with Crippen LogP contribution in [0.1, 0.15) is 91.9 Å². The van der Waals surface area contributed by atoms with Gasteiger partial charge in [0.25, 0.3) is 5.91 Å². The van der Waals surface area contributed by atoms with Crippen molar-refractivity contribution in [1.82, 2.24) is 49.9 Å². The highest BCUT2D eigenvalue weighted by molar-refractivity contribution is 5.87. The Hall–Kier alpha value is -6.67. The van der Waals surface area contributed by atoms with Crippen LogP contribution in [-0.4, -0.2) is 93.8 Å². The first kappa shape index (κ1) is 38.8. The molecule has 3 saturated heterocycles. The van der Waals surface area contributed by atoms with E-state index in [2.05, 4.69) is 37.3 Å². The molecule has 60 heavy (non-hydrogen) atoms. The van der Waals surface area contributed by atoms with Crippen molar-refractivity contribution in [2.75, 3.05) is 26.2 Å². The number of hydrogen-bond acceptors (Lipinski definition) is 8. The average molecular weight is 805 g/mol. The molecule has 3 aromatic carbocycles. The number of hydrogen-bond donors (Lipinski definition) is 4. The fourth-order valence-electron chi connectivity index (χ4n) is 9.05. The summed E-state index contributed by atoms with van der Waals surface area (Å²) in [7, 11) is 0. The Bertz CT molecular complexity index is 2410. The Kier molecular flexibility index (Phi) is 11.2. The van der Waals surface area contributed by atoms with Gasteiger partial charge in [0.2, 0.25) is 5.91 Å². The van der Waals surface area contributed by atoms with E-state index in [0.717, 1.165) is 84.7 Å². The van der Waals surface area contributed by atoms with Gasteiger partial charge in [0, 0.05) is 36.6 Å². The topological polar surface area (TPSA) is 176 Å². The molecule has 3 aromatic heterocycles. The number of H-pyrrole nitrogens is 2. The molecule has 0 saturated carbocycles. The largest absolute Gasteiger partial charge is 0.465 e. The highest BCUT2D eigenvalue weighted by atomic mass is 16.4. The van der Waals surface area contributed by atoms with Gasteiger partial charge in [-0.3, -0.25) is 14.5 Å². The summed E-state index contributed by atoms with van der Waals surface area (Å²) < 4.78 is 0. The van der Waals surface area contributed by atoms with E-state index in [1.54, 1.807) is 54.0 Å². The molecular formula is C46H48N10O4. The molecule has 14 heteroatoms. The molecule has 3 amide bonds. The fourth-order valence-corrected chi connectivity index (χ4v) is 9.05. The molecular weight excluding hydrogens is 757 g/mol. The summed E-state index contributed by atoms with van der Waals surface area (Å²) in [5.74, 6) is 1.86. The van der Waals surface area contributed by atoms with Gasteiger partial charge in [0.1, 0.15) is 23.7 Å². The van der Waals surface area contributed by atoms with Gasteiger partial charge < -0.3 is 30.2 Å². The minimum atomic E-state index is -1.26. The number of nitrogens with one attached hydrogen (secondary N) is 3. The van der Waals surface area contributed by atoms with E-state index in [0.29, 0.717) is 36.7 Å². The van der Waals surface area contributed by atoms with Gasteiger partial charge in [0.15, 0.2) is 5.82 Å². The minimum Gasteiger partial charge on any atom is -0.465 e. The number of benzene rings is 3.